The first kappa shape index (κ1) is 15.8. The van der Waals surface area contributed by atoms with Crippen LogP contribution < -0.4 is 0 Å². The Kier molecular flexibility index (Phi) is 3.67. The Hall–Kier alpha value is -2.47. The zero-order chi connectivity index (χ0) is 17.6. The summed E-state index contributed by atoms with van der Waals surface area (Å²) in [6.45, 7) is 1.47. The summed E-state index contributed by atoms with van der Waals surface area (Å²) in [5, 5.41) is 6.29. The molecular weight excluding hydrogens is 346 g/mol. The lowest BCUT2D eigenvalue weighted by Crippen LogP contribution is -2.35. The van der Waals surface area contributed by atoms with Crippen molar-refractivity contribution in [2.75, 3.05) is 13.1 Å². The van der Waals surface area contributed by atoms with Crippen LogP contribution in [0, 0.1) is 5.92 Å². The van der Waals surface area contributed by atoms with Gasteiger partial charge in [0.25, 0.3) is 11.8 Å². The monoisotopic (exact) mass is 365 g/mol. The first-order chi connectivity index (χ1) is 12.8. The molecule has 5 nitrogen and oxygen atoms in total. The second kappa shape index (κ2) is 6.06. The van der Waals surface area contributed by atoms with Gasteiger partial charge in [0.1, 0.15) is 0 Å². The van der Waals surface area contributed by atoms with E-state index in [1.807, 2.05) is 52.7 Å². The SMILES string of the molecule is O=C(c1cccs1)N1C[C@H]2CCC[C@@]2(c2noc(-c3ccccc3)n2)C1. The van der Waals surface area contributed by atoms with Crippen molar-refractivity contribution >= 4 is 17.2 Å². The summed E-state index contributed by atoms with van der Waals surface area (Å²) >= 11 is 1.50. The van der Waals surface area contributed by atoms with Crippen molar-refractivity contribution in [1.29, 1.82) is 0 Å². The van der Waals surface area contributed by atoms with Crippen LogP contribution >= 0.6 is 11.3 Å². The van der Waals surface area contributed by atoms with Crippen LogP contribution in [0.5, 0.6) is 0 Å². The maximum atomic E-state index is 12.8. The number of thiophene rings is 1. The second-order valence-electron chi connectivity index (χ2n) is 7.20. The average molecular weight is 365 g/mol. The average Bonchev–Trinajstić information content (AvgIpc) is 3.44. The number of benzene rings is 1. The quantitative estimate of drug-likeness (QED) is 0.704. The van der Waals surface area contributed by atoms with Crippen molar-refractivity contribution < 1.29 is 9.32 Å². The molecule has 2 aromatic heterocycles. The summed E-state index contributed by atoms with van der Waals surface area (Å²) in [5.41, 5.74) is 0.769. The topological polar surface area (TPSA) is 59.2 Å². The van der Waals surface area contributed by atoms with Gasteiger partial charge in [0, 0.05) is 18.7 Å². The van der Waals surface area contributed by atoms with Gasteiger partial charge in [-0.25, -0.2) is 0 Å². The van der Waals surface area contributed by atoms with Crippen molar-refractivity contribution in [3.63, 3.8) is 0 Å². The Labute approximate surface area is 155 Å². The van der Waals surface area contributed by atoms with Crippen LogP contribution in [0.2, 0.25) is 0 Å². The van der Waals surface area contributed by atoms with Crippen LogP contribution in [0.4, 0.5) is 0 Å². The molecule has 0 bridgehead atoms. The van der Waals surface area contributed by atoms with Gasteiger partial charge in [-0.15, -0.1) is 11.3 Å². The van der Waals surface area contributed by atoms with Gasteiger partial charge in [0.15, 0.2) is 5.82 Å². The molecule has 1 amide bonds. The molecular formula is C20H19N3O2S. The van der Waals surface area contributed by atoms with E-state index in [0.717, 1.165) is 42.1 Å². The predicted molar refractivity (Wildman–Crippen MR) is 99.0 cm³/mol. The lowest BCUT2D eigenvalue weighted by Gasteiger charge is -2.24. The number of rotatable bonds is 3. The molecule has 26 heavy (non-hydrogen) atoms. The van der Waals surface area contributed by atoms with E-state index in [0.29, 0.717) is 18.4 Å². The molecule has 1 saturated heterocycles. The smallest absolute Gasteiger partial charge is 0.263 e. The van der Waals surface area contributed by atoms with Gasteiger partial charge in [-0.2, -0.15) is 4.98 Å². The zero-order valence-electron chi connectivity index (χ0n) is 14.3. The summed E-state index contributed by atoms with van der Waals surface area (Å²) in [5.74, 6) is 1.86. The Morgan fingerprint density at radius 3 is 2.92 bits per heavy atom. The fourth-order valence-electron chi connectivity index (χ4n) is 4.49. The molecule has 2 fully saturated rings. The molecule has 132 valence electrons. The summed E-state index contributed by atoms with van der Waals surface area (Å²) in [6, 6.07) is 13.7. The van der Waals surface area contributed by atoms with Gasteiger partial charge < -0.3 is 9.42 Å². The number of nitrogens with zero attached hydrogens (tertiary/aromatic N) is 3. The number of fused-ring (bicyclic) bond motifs is 1. The van der Waals surface area contributed by atoms with Crippen LogP contribution in [-0.4, -0.2) is 34.0 Å². The number of hydrogen-bond donors (Lipinski definition) is 0. The van der Waals surface area contributed by atoms with E-state index in [1.165, 1.54) is 11.3 Å². The highest BCUT2D eigenvalue weighted by Gasteiger charge is 2.54. The van der Waals surface area contributed by atoms with Crippen LogP contribution in [0.3, 0.4) is 0 Å². The molecule has 3 heterocycles. The molecule has 1 saturated carbocycles. The summed E-state index contributed by atoms with van der Waals surface area (Å²) in [4.78, 5) is 20.3. The van der Waals surface area contributed by atoms with E-state index < -0.39 is 0 Å². The third-order valence-electron chi connectivity index (χ3n) is 5.78. The van der Waals surface area contributed by atoms with E-state index in [9.17, 15) is 4.79 Å². The number of amides is 1. The first-order valence-corrected chi connectivity index (χ1v) is 9.87. The standard InChI is InChI=1S/C20H19N3O2S/c24-18(16-9-5-11-26-16)23-12-15-8-4-10-20(15,13-23)19-21-17(25-22-19)14-6-2-1-3-7-14/h1-3,5-7,9,11,15H,4,8,10,12-13H2/t15-,20-/m1/s1. The number of carbonyl (C=O) groups excluding carboxylic acids is 1. The number of likely N-dealkylation sites (tertiary alicyclic amines) is 1. The number of aromatic nitrogens is 2. The molecule has 1 aromatic carbocycles. The summed E-state index contributed by atoms with van der Waals surface area (Å²) in [7, 11) is 0. The fraction of sp³-hybridized carbons (Fsp3) is 0.350. The molecule has 0 unspecified atom stereocenters. The second-order valence-corrected chi connectivity index (χ2v) is 8.15. The first-order valence-electron chi connectivity index (χ1n) is 8.99. The fourth-order valence-corrected chi connectivity index (χ4v) is 5.18. The Morgan fingerprint density at radius 2 is 2.12 bits per heavy atom. The Balaban J connectivity index is 1.46. The Bertz CT molecular complexity index is 922. The van der Waals surface area contributed by atoms with Crippen molar-refractivity contribution in [2.45, 2.75) is 24.7 Å². The molecule has 3 aromatic rings. The highest BCUT2D eigenvalue weighted by Crippen LogP contribution is 2.50. The molecule has 0 spiro atoms. The molecule has 5 rings (SSSR count). The van der Waals surface area contributed by atoms with Gasteiger partial charge >= 0.3 is 0 Å². The van der Waals surface area contributed by atoms with E-state index >= 15 is 0 Å². The van der Waals surface area contributed by atoms with Gasteiger partial charge in [-0.1, -0.05) is 35.8 Å². The predicted octanol–water partition coefficient (Wildman–Crippen LogP) is 3.99. The molecule has 0 N–H and O–H groups in total. The van der Waals surface area contributed by atoms with Gasteiger partial charge in [0.2, 0.25) is 0 Å². The minimum Gasteiger partial charge on any atom is -0.337 e. The van der Waals surface area contributed by atoms with E-state index in [4.69, 9.17) is 9.51 Å². The van der Waals surface area contributed by atoms with E-state index in [1.54, 1.807) is 0 Å². The molecule has 6 heteroatoms. The molecule has 0 radical (unpaired) electrons. The molecule has 1 aliphatic heterocycles. The molecule has 2 aliphatic rings. The highest BCUT2D eigenvalue weighted by atomic mass is 32.1. The van der Waals surface area contributed by atoms with Crippen molar-refractivity contribution in [3.8, 4) is 11.5 Å². The van der Waals surface area contributed by atoms with Crippen LogP contribution in [-0.2, 0) is 5.41 Å². The molecule has 2 atom stereocenters. The van der Waals surface area contributed by atoms with Crippen LogP contribution in [0.15, 0.2) is 52.4 Å². The zero-order valence-corrected chi connectivity index (χ0v) is 15.1. The lowest BCUT2D eigenvalue weighted by atomic mass is 9.80. The summed E-state index contributed by atoms with van der Waals surface area (Å²) in [6.07, 6.45) is 3.28. The number of hydrogen-bond acceptors (Lipinski definition) is 5. The highest BCUT2D eigenvalue weighted by molar-refractivity contribution is 7.12. The number of carbonyl (C=O) groups is 1. The van der Waals surface area contributed by atoms with Gasteiger partial charge in [-0.05, 0) is 42.3 Å². The van der Waals surface area contributed by atoms with Crippen molar-refractivity contribution in [2.24, 2.45) is 5.92 Å². The largest absolute Gasteiger partial charge is 0.337 e. The van der Waals surface area contributed by atoms with Crippen LogP contribution in [0.25, 0.3) is 11.5 Å². The third-order valence-corrected chi connectivity index (χ3v) is 6.64. The van der Waals surface area contributed by atoms with Gasteiger partial charge in [-0.3, -0.25) is 4.79 Å². The maximum absolute atomic E-state index is 12.8. The minimum absolute atomic E-state index is 0.126. The van der Waals surface area contributed by atoms with Gasteiger partial charge in [0.05, 0.1) is 10.3 Å². The normalized spacial score (nSPS) is 24.8. The summed E-state index contributed by atoms with van der Waals surface area (Å²) < 4.78 is 5.57. The van der Waals surface area contributed by atoms with Crippen molar-refractivity contribution in [1.82, 2.24) is 15.0 Å². The Morgan fingerprint density at radius 1 is 1.23 bits per heavy atom. The van der Waals surface area contributed by atoms with Crippen molar-refractivity contribution in [3.05, 3.63) is 58.5 Å². The lowest BCUT2D eigenvalue weighted by molar-refractivity contribution is 0.0781. The third kappa shape index (κ3) is 2.40. The molecule has 1 aliphatic carbocycles. The maximum Gasteiger partial charge on any atom is 0.263 e. The van der Waals surface area contributed by atoms with Crippen LogP contribution in [0.1, 0.15) is 34.8 Å². The minimum atomic E-state index is -0.163. The van der Waals surface area contributed by atoms with E-state index in [-0.39, 0.29) is 11.3 Å². The van der Waals surface area contributed by atoms with E-state index in [2.05, 4.69) is 5.16 Å².